The van der Waals surface area contributed by atoms with Gasteiger partial charge in [-0.3, -0.25) is 0 Å². The molecule has 0 aliphatic carbocycles. The number of nitrogens with two attached hydrogens (primary N) is 1. The molecule has 0 bridgehead atoms. The molecule has 2 N–H and O–H groups in total. The van der Waals surface area contributed by atoms with E-state index in [0.29, 0.717) is 6.42 Å². The third kappa shape index (κ3) is 2.97. The lowest BCUT2D eigenvalue weighted by atomic mass is 10.1. The summed E-state index contributed by atoms with van der Waals surface area (Å²) in [5, 5.41) is 0. The molecule has 0 fully saturated rings. The first-order valence-electron chi connectivity index (χ1n) is 3.08. The lowest BCUT2D eigenvalue weighted by molar-refractivity contribution is 0.273. The van der Waals surface area contributed by atoms with Crippen molar-refractivity contribution in [1.29, 1.82) is 0 Å². The molecular weight excluding hydrogens is 105 g/mol. The van der Waals surface area contributed by atoms with Crippen LogP contribution in [0.3, 0.4) is 0 Å². The van der Waals surface area contributed by atoms with Gasteiger partial charge in [0.25, 0.3) is 0 Å². The molecule has 50 valence electrons. The van der Waals surface area contributed by atoms with Crippen LogP contribution in [0.2, 0.25) is 0 Å². The van der Waals surface area contributed by atoms with E-state index in [1.165, 1.54) is 0 Å². The molecule has 8 heavy (non-hydrogen) atoms. The number of hydrogen-bond donors (Lipinski definition) is 1. The monoisotopic (exact) mass is 119 g/mol. The van der Waals surface area contributed by atoms with Crippen LogP contribution in [0.15, 0.2) is 0 Å². The molecule has 2 unspecified atom stereocenters. The molecule has 0 aromatic heterocycles. The summed E-state index contributed by atoms with van der Waals surface area (Å²) in [7, 11) is 0. The summed E-state index contributed by atoms with van der Waals surface area (Å²) in [6.45, 7) is 3.65. The van der Waals surface area contributed by atoms with E-state index in [0.717, 1.165) is 6.42 Å². The van der Waals surface area contributed by atoms with E-state index in [1.807, 2.05) is 6.92 Å². The van der Waals surface area contributed by atoms with Crippen molar-refractivity contribution in [2.75, 3.05) is 0 Å². The summed E-state index contributed by atoms with van der Waals surface area (Å²) in [5.74, 6) is 0. The van der Waals surface area contributed by atoms with Gasteiger partial charge >= 0.3 is 0 Å². The fraction of sp³-hybridized carbons (Fsp3) is 1.00. The number of alkyl halides is 1. The maximum atomic E-state index is 12.4. The largest absolute Gasteiger partial charge is 0.325 e. The third-order valence-corrected chi connectivity index (χ3v) is 1.13. The van der Waals surface area contributed by atoms with Gasteiger partial charge < -0.3 is 5.73 Å². The quantitative estimate of drug-likeness (QED) is 0.598. The first-order valence-corrected chi connectivity index (χ1v) is 3.08. The molecule has 0 rings (SSSR count). The second-order valence-corrected chi connectivity index (χ2v) is 2.16. The van der Waals surface area contributed by atoms with Gasteiger partial charge in [-0.15, -0.1) is 0 Å². The van der Waals surface area contributed by atoms with Crippen molar-refractivity contribution >= 4 is 0 Å². The van der Waals surface area contributed by atoms with Crippen LogP contribution in [-0.2, 0) is 0 Å². The molecule has 2 atom stereocenters. The zero-order valence-electron chi connectivity index (χ0n) is 5.52. The van der Waals surface area contributed by atoms with Gasteiger partial charge in [0.1, 0.15) is 6.17 Å². The molecule has 0 aromatic rings. The molecule has 0 aliphatic heterocycles. The van der Waals surface area contributed by atoms with Crippen LogP contribution in [0.4, 0.5) is 4.39 Å². The Balaban J connectivity index is 3.17. The minimum Gasteiger partial charge on any atom is -0.325 e. The van der Waals surface area contributed by atoms with Crippen LogP contribution in [0, 0.1) is 0 Å². The van der Waals surface area contributed by atoms with Crippen LogP contribution < -0.4 is 5.73 Å². The van der Waals surface area contributed by atoms with E-state index < -0.39 is 6.17 Å². The molecule has 2 heteroatoms. The zero-order valence-corrected chi connectivity index (χ0v) is 5.52. The average molecular weight is 119 g/mol. The summed E-state index contributed by atoms with van der Waals surface area (Å²) in [5.41, 5.74) is 5.25. The molecule has 1 nitrogen and oxygen atoms in total. The summed E-state index contributed by atoms with van der Waals surface area (Å²) < 4.78 is 12.4. The van der Waals surface area contributed by atoms with Gasteiger partial charge in [-0.2, -0.15) is 0 Å². The van der Waals surface area contributed by atoms with Gasteiger partial charge in [-0.25, -0.2) is 4.39 Å². The van der Waals surface area contributed by atoms with E-state index in [4.69, 9.17) is 5.73 Å². The Kier molecular flexibility index (Phi) is 3.79. The van der Waals surface area contributed by atoms with Gasteiger partial charge in [-0.1, -0.05) is 13.3 Å². The minimum atomic E-state index is -0.806. The van der Waals surface area contributed by atoms with Crippen molar-refractivity contribution in [1.82, 2.24) is 0 Å². The van der Waals surface area contributed by atoms with E-state index in [-0.39, 0.29) is 6.04 Å². The standard InChI is InChI=1S/C6H14FN/c1-3-4-6(7)5(2)8/h5-6H,3-4,8H2,1-2H3. The van der Waals surface area contributed by atoms with E-state index >= 15 is 0 Å². The van der Waals surface area contributed by atoms with Gasteiger partial charge in [0.05, 0.1) is 0 Å². The summed E-state index contributed by atoms with van der Waals surface area (Å²) >= 11 is 0. The van der Waals surface area contributed by atoms with Crippen molar-refractivity contribution in [3.8, 4) is 0 Å². The Morgan fingerprint density at radius 3 is 2.25 bits per heavy atom. The molecular formula is C6H14FN. The summed E-state index contributed by atoms with van der Waals surface area (Å²) in [6, 6.07) is -0.296. The van der Waals surface area contributed by atoms with E-state index in [2.05, 4.69) is 0 Å². The first-order chi connectivity index (χ1) is 3.68. The van der Waals surface area contributed by atoms with Crippen LogP contribution in [-0.4, -0.2) is 12.2 Å². The van der Waals surface area contributed by atoms with Crippen molar-refractivity contribution in [2.45, 2.75) is 38.9 Å². The van der Waals surface area contributed by atoms with E-state index in [1.54, 1.807) is 6.92 Å². The molecule has 0 aliphatic rings. The van der Waals surface area contributed by atoms with Crippen molar-refractivity contribution in [3.05, 3.63) is 0 Å². The molecule has 0 amide bonds. The van der Waals surface area contributed by atoms with Crippen molar-refractivity contribution in [2.24, 2.45) is 5.73 Å². The lowest BCUT2D eigenvalue weighted by Crippen LogP contribution is -2.27. The highest BCUT2D eigenvalue weighted by Crippen LogP contribution is 2.03. The summed E-state index contributed by atoms with van der Waals surface area (Å²) in [4.78, 5) is 0. The molecule has 0 radical (unpaired) electrons. The molecule has 0 heterocycles. The van der Waals surface area contributed by atoms with Crippen LogP contribution >= 0.6 is 0 Å². The van der Waals surface area contributed by atoms with Crippen LogP contribution in [0.5, 0.6) is 0 Å². The fourth-order valence-corrected chi connectivity index (χ4v) is 0.539. The van der Waals surface area contributed by atoms with Crippen molar-refractivity contribution in [3.63, 3.8) is 0 Å². The fourth-order valence-electron chi connectivity index (χ4n) is 0.539. The average Bonchev–Trinajstić information content (AvgIpc) is 1.67. The highest BCUT2D eigenvalue weighted by atomic mass is 19.1. The Bertz CT molecular complexity index is 54.5. The first kappa shape index (κ1) is 7.89. The maximum absolute atomic E-state index is 12.4. The second kappa shape index (κ2) is 3.84. The zero-order chi connectivity index (χ0) is 6.57. The third-order valence-electron chi connectivity index (χ3n) is 1.13. The molecule has 0 spiro atoms. The second-order valence-electron chi connectivity index (χ2n) is 2.16. The predicted molar refractivity (Wildman–Crippen MR) is 33.5 cm³/mol. The number of rotatable bonds is 3. The van der Waals surface area contributed by atoms with Gasteiger partial charge in [-0.05, 0) is 13.3 Å². The normalized spacial score (nSPS) is 18.0. The SMILES string of the molecule is CCCC(F)C(C)N. The van der Waals surface area contributed by atoms with Gasteiger partial charge in [0.2, 0.25) is 0 Å². The highest BCUT2D eigenvalue weighted by molar-refractivity contribution is 4.64. The molecule has 0 aromatic carbocycles. The minimum absolute atomic E-state index is 0.296. The Hall–Kier alpha value is -0.110. The number of halogens is 1. The van der Waals surface area contributed by atoms with Crippen LogP contribution in [0.25, 0.3) is 0 Å². The van der Waals surface area contributed by atoms with Gasteiger partial charge in [0, 0.05) is 6.04 Å². The van der Waals surface area contributed by atoms with Crippen LogP contribution in [0.1, 0.15) is 26.7 Å². The summed E-state index contributed by atoms with van der Waals surface area (Å²) in [6.07, 6.45) is 0.667. The highest BCUT2D eigenvalue weighted by Gasteiger charge is 2.08. The predicted octanol–water partition coefficient (Wildman–Crippen LogP) is 1.47. The smallest absolute Gasteiger partial charge is 0.115 e. The molecule has 0 saturated carbocycles. The lowest BCUT2D eigenvalue weighted by Gasteiger charge is -2.08. The Morgan fingerprint density at radius 1 is 1.62 bits per heavy atom. The van der Waals surface area contributed by atoms with Crippen molar-refractivity contribution < 1.29 is 4.39 Å². The van der Waals surface area contributed by atoms with E-state index in [9.17, 15) is 4.39 Å². The molecule has 0 saturated heterocycles. The number of hydrogen-bond acceptors (Lipinski definition) is 1. The maximum Gasteiger partial charge on any atom is 0.115 e. The topological polar surface area (TPSA) is 26.0 Å². The Morgan fingerprint density at radius 2 is 2.12 bits per heavy atom. The van der Waals surface area contributed by atoms with Gasteiger partial charge in [0.15, 0.2) is 0 Å². The Labute approximate surface area is 50.1 Å².